The van der Waals surface area contributed by atoms with Crippen LogP contribution in [0.4, 0.5) is 5.00 Å². The molecule has 0 bridgehead atoms. The summed E-state index contributed by atoms with van der Waals surface area (Å²) in [6.07, 6.45) is 7.72. The Balaban J connectivity index is 1.77. The van der Waals surface area contributed by atoms with E-state index in [0.717, 1.165) is 41.8 Å². The van der Waals surface area contributed by atoms with Crippen molar-refractivity contribution in [3.8, 4) is 0 Å². The lowest BCUT2D eigenvalue weighted by molar-refractivity contribution is 0.0601. The molecule has 2 N–H and O–H groups in total. The molecular formula is C18H21N3O2S2. The molecule has 1 aliphatic rings. The van der Waals surface area contributed by atoms with Gasteiger partial charge in [-0.2, -0.15) is 0 Å². The fourth-order valence-electron chi connectivity index (χ4n) is 3.04. The second-order valence-electron chi connectivity index (χ2n) is 6.01. The number of esters is 1. The number of carbonyl (C=O) groups is 1. The third-order valence-corrected chi connectivity index (χ3v) is 5.77. The standard InChI is InChI=1S/C18H21N3O2S2/c1-11(12-7-9-19-10-8-12)20-18(24)21-16-15(17(22)23-2)13-5-3-4-6-14(13)25-16/h7-11H,3-6H2,1-2H3,(H2,20,21,24)/t11-/m1/s1. The lowest BCUT2D eigenvalue weighted by Gasteiger charge is -2.17. The second kappa shape index (κ2) is 7.93. The van der Waals surface area contributed by atoms with E-state index >= 15 is 0 Å². The van der Waals surface area contributed by atoms with Crippen LogP contribution in [-0.4, -0.2) is 23.2 Å². The number of rotatable bonds is 4. The summed E-state index contributed by atoms with van der Waals surface area (Å²) in [4.78, 5) is 17.6. The summed E-state index contributed by atoms with van der Waals surface area (Å²) in [5, 5.41) is 7.73. The first-order chi connectivity index (χ1) is 12.1. The molecule has 0 saturated heterocycles. The zero-order valence-corrected chi connectivity index (χ0v) is 15.9. The minimum absolute atomic E-state index is 0.0409. The molecule has 0 radical (unpaired) electrons. The SMILES string of the molecule is COC(=O)c1c(NC(=S)N[C@H](C)c2ccncc2)sc2c1CCCC2. The van der Waals surface area contributed by atoms with Crippen LogP contribution in [0.1, 0.15) is 52.2 Å². The third-order valence-electron chi connectivity index (χ3n) is 4.34. The number of hydrogen-bond donors (Lipinski definition) is 2. The van der Waals surface area contributed by atoms with Crippen molar-refractivity contribution in [1.29, 1.82) is 0 Å². The van der Waals surface area contributed by atoms with Gasteiger partial charge in [0.05, 0.1) is 18.7 Å². The number of nitrogens with zero attached hydrogens (tertiary/aromatic N) is 1. The van der Waals surface area contributed by atoms with E-state index in [9.17, 15) is 4.79 Å². The first kappa shape index (κ1) is 17.8. The van der Waals surface area contributed by atoms with Gasteiger partial charge in [-0.15, -0.1) is 11.3 Å². The van der Waals surface area contributed by atoms with Crippen molar-refractivity contribution in [3.63, 3.8) is 0 Å². The van der Waals surface area contributed by atoms with Crippen LogP contribution in [0, 0.1) is 0 Å². The van der Waals surface area contributed by atoms with E-state index in [0.29, 0.717) is 10.7 Å². The number of aromatic nitrogens is 1. The Labute approximate surface area is 156 Å². The lowest BCUT2D eigenvalue weighted by atomic mass is 9.95. The molecule has 2 aromatic heterocycles. The zero-order valence-electron chi connectivity index (χ0n) is 14.3. The first-order valence-corrected chi connectivity index (χ1v) is 9.53. The maximum absolute atomic E-state index is 12.3. The fraction of sp³-hybridized carbons (Fsp3) is 0.389. The molecule has 0 amide bonds. The first-order valence-electron chi connectivity index (χ1n) is 8.30. The van der Waals surface area contributed by atoms with E-state index in [-0.39, 0.29) is 12.0 Å². The van der Waals surface area contributed by atoms with Crippen molar-refractivity contribution < 1.29 is 9.53 Å². The van der Waals surface area contributed by atoms with Crippen LogP contribution >= 0.6 is 23.6 Å². The number of ether oxygens (including phenoxy) is 1. The highest BCUT2D eigenvalue weighted by Crippen LogP contribution is 2.38. The number of carbonyl (C=O) groups excluding carboxylic acids is 1. The highest BCUT2D eigenvalue weighted by atomic mass is 32.1. The van der Waals surface area contributed by atoms with Crippen LogP contribution in [-0.2, 0) is 17.6 Å². The van der Waals surface area contributed by atoms with Crippen molar-refractivity contribution in [2.24, 2.45) is 0 Å². The molecule has 5 nitrogen and oxygen atoms in total. The van der Waals surface area contributed by atoms with Crippen molar-refractivity contribution in [2.45, 2.75) is 38.6 Å². The molecule has 25 heavy (non-hydrogen) atoms. The maximum atomic E-state index is 12.3. The predicted molar refractivity (Wildman–Crippen MR) is 104 cm³/mol. The zero-order chi connectivity index (χ0) is 17.8. The Morgan fingerprint density at radius 2 is 2.04 bits per heavy atom. The molecular weight excluding hydrogens is 354 g/mol. The van der Waals surface area contributed by atoms with Gasteiger partial charge in [-0.3, -0.25) is 4.98 Å². The van der Waals surface area contributed by atoms with Crippen molar-refractivity contribution >= 4 is 39.6 Å². The van der Waals surface area contributed by atoms with Gasteiger partial charge in [0.15, 0.2) is 5.11 Å². The van der Waals surface area contributed by atoms with E-state index in [1.54, 1.807) is 23.7 Å². The van der Waals surface area contributed by atoms with E-state index in [4.69, 9.17) is 17.0 Å². The number of aryl methyl sites for hydroxylation is 1. The summed E-state index contributed by atoms with van der Waals surface area (Å²) in [5.41, 5.74) is 2.86. The number of fused-ring (bicyclic) bond motifs is 1. The van der Waals surface area contributed by atoms with Crippen molar-refractivity contribution in [2.75, 3.05) is 12.4 Å². The smallest absolute Gasteiger partial charge is 0.341 e. The molecule has 3 rings (SSSR count). The molecule has 0 aliphatic heterocycles. The Bertz CT molecular complexity index is 774. The summed E-state index contributed by atoms with van der Waals surface area (Å²) >= 11 is 7.06. The van der Waals surface area contributed by atoms with Crippen LogP contribution in [0.25, 0.3) is 0 Å². The minimum atomic E-state index is -0.299. The maximum Gasteiger partial charge on any atom is 0.341 e. The topological polar surface area (TPSA) is 63.2 Å². The van der Waals surface area contributed by atoms with E-state index < -0.39 is 0 Å². The Hall–Kier alpha value is -1.99. The van der Waals surface area contributed by atoms with E-state index in [2.05, 4.69) is 15.6 Å². The Morgan fingerprint density at radius 1 is 1.32 bits per heavy atom. The van der Waals surface area contributed by atoms with Crippen molar-refractivity contribution in [3.05, 3.63) is 46.1 Å². The average molecular weight is 376 g/mol. The van der Waals surface area contributed by atoms with E-state index in [1.807, 2.05) is 19.1 Å². The van der Waals surface area contributed by atoms with Gasteiger partial charge in [-0.05, 0) is 68.1 Å². The van der Waals surface area contributed by atoms with Gasteiger partial charge >= 0.3 is 5.97 Å². The molecule has 0 aromatic carbocycles. The average Bonchev–Trinajstić information content (AvgIpc) is 2.99. The van der Waals surface area contributed by atoms with Gasteiger partial charge in [-0.1, -0.05) is 0 Å². The van der Waals surface area contributed by atoms with Crippen LogP contribution < -0.4 is 10.6 Å². The number of anilines is 1. The molecule has 0 saturated carbocycles. The highest BCUT2D eigenvalue weighted by molar-refractivity contribution is 7.80. The molecule has 2 aromatic rings. The van der Waals surface area contributed by atoms with Gasteiger partial charge in [0.2, 0.25) is 0 Å². The Kier molecular flexibility index (Phi) is 5.65. The van der Waals surface area contributed by atoms with Gasteiger partial charge in [0, 0.05) is 17.3 Å². The molecule has 7 heteroatoms. The van der Waals surface area contributed by atoms with E-state index in [1.165, 1.54) is 12.0 Å². The van der Waals surface area contributed by atoms with Crippen LogP contribution in [0.2, 0.25) is 0 Å². The number of thiophene rings is 1. The highest BCUT2D eigenvalue weighted by Gasteiger charge is 2.26. The van der Waals surface area contributed by atoms with Gasteiger partial charge < -0.3 is 15.4 Å². The van der Waals surface area contributed by atoms with Gasteiger partial charge in [0.25, 0.3) is 0 Å². The van der Waals surface area contributed by atoms with Crippen LogP contribution in [0.3, 0.4) is 0 Å². The normalized spacial score (nSPS) is 14.3. The number of hydrogen-bond acceptors (Lipinski definition) is 5. The van der Waals surface area contributed by atoms with Gasteiger partial charge in [-0.25, -0.2) is 4.79 Å². The number of nitrogens with one attached hydrogen (secondary N) is 2. The number of thiocarbonyl (C=S) groups is 1. The summed E-state index contributed by atoms with van der Waals surface area (Å²) in [5.74, 6) is -0.299. The Morgan fingerprint density at radius 3 is 2.76 bits per heavy atom. The molecule has 0 spiro atoms. The lowest BCUT2D eigenvalue weighted by Crippen LogP contribution is -2.31. The minimum Gasteiger partial charge on any atom is -0.465 e. The molecule has 0 unspecified atom stereocenters. The monoisotopic (exact) mass is 375 g/mol. The molecule has 0 fully saturated rings. The quantitative estimate of drug-likeness (QED) is 0.625. The fourth-order valence-corrected chi connectivity index (χ4v) is 4.67. The molecule has 1 atom stereocenters. The molecule has 132 valence electrons. The summed E-state index contributed by atoms with van der Waals surface area (Å²) in [6, 6.07) is 3.94. The summed E-state index contributed by atoms with van der Waals surface area (Å²) in [7, 11) is 1.42. The van der Waals surface area contributed by atoms with Crippen LogP contribution in [0.5, 0.6) is 0 Å². The van der Waals surface area contributed by atoms with Gasteiger partial charge in [0.1, 0.15) is 5.00 Å². The van der Waals surface area contributed by atoms with Crippen molar-refractivity contribution in [1.82, 2.24) is 10.3 Å². The largest absolute Gasteiger partial charge is 0.465 e. The summed E-state index contributed by atoms with van der Waals surface area (Å²) < 4.78 is 4.99. The molecule has 2 heterocycles. The summed E-state index contributed by atoms with van der Waals surface area (Å²) in [6.45, 7) is 2.03. The third kappa shape index (κ3) is 3.99. The number of pyridine rings is 1. The molecule has 1 aliphatic carbocycles. The second-order valence-corrected chi connectivity index (χ2v) is 7.52. The number of methoxy groups -OCH3 is 1. The van der Waals surface area contributed by atoms with Crippen LogP contribution in [0.15, 0.2) is 24.5 Å². The predicted octanol–water partition coefficient (Wildman–Crippen LogP) is 3.86.